The minimum absolute atomic E-state index is 0.0607. The summed E-state index contributed by atoms with van der Waals surface area (Å²) in [6.07, 6.45) is 1.66. The zero-order valence-electron chi connectivity index (χ0n) is 24.8. The maximum atomic E-state index is 16.1. The molecule has 1 aliphatic rings. The Bertz CT molecular complexity index is 1830. The van der Waals surface area contributed by atoms with Gasteiger partial charge in [0, 0.05) is 50.6 Å². The SMILES string of the molecule is CC(=O)Sc1cccc(F)c1-c1nc2c(cc1F)c(N1CCN(C(C)=O)C[C@@H]1C)nc(=O)n2-c1c(C)ccnc1C(C)C. The van der Waals surface area contributed by atoms with Gasteiger partial charge in [-0.3, -0.25) is 14.6 Å². The summed E-state index contributed by atoms with van der Waals surface area (Å²) in [6.45, 7) is 11.6. The molecule has 0 aliphatic carbocycles. The van der Waals surface area contributed by atoms with Gasteiger partial charge in [-0.05, 0) is 49.6 Å². The van der Waals surface area contributed by atoms with Crippen molar-refractivity contribution in [3.05, 3.63) is 69.9 Å². The van der Waals surface area contributed by atoms with E-state index in [1.807, 2.05) is 32.6 Å². The molecule has 1 atom stereocenters. The average molecular weight is 607 g/mol. The molecule has 1 aliphatic heterocycles. The van der Waals surface area contributed by atoms with Crippen LogP contribution in [0.25, 0.3) is 28.0 Å². The summed E-state index contributed by atoms with van der Waals surface area (Å²) >= 11 is 0.772. The van der Waals surface area contributed by atoms with Crippen molar-refractivity contribution in [2.75, 3.05) is 24.5 Å². The second-order valence-corrected chi connectivity index (χ2v) is 12.2. The third kappa shape index (κ3) is 5.63. The normalized spacial score (nSPS) is 15.4. The smallest absolute Gasteiger partial charge is 0.350 e. The molecule has 12 heteroatoms. The zero-order chi connectivity index (χ0) is 31.2. The number of halogens is 2. The number of rotatable bonds is 5. The zero-order valence-corrected chi connectivity index (χ0v) is 25.6. The Morgan fingerprint density at radius 2 is 1.81 bits per heavy atom. The number of anilines is 1. The van der Waals surface area contributed by atoms with Crippen molar-refractivity contribution >= 4 is 39.6 Å². The molecule has 4 aromatic rings. The fraction of sp³-hybridized carbons (Fsp3) is 0.355. The minimum atomic E-state index is -0.835. The van der Waals surface area contributed by atoms with E-state index in [4.69, 9.17) is 0 Å². The number of amides is 1. The summed E-state index contributed by atoms with van der Waals surface area (Å²) in [5, 5.41) is -0.0539. The number of fused-ring (bicyclic) bond motifs is 1. The number of piperazine rings is 1. The summed E-state index contributed by atoms with van der Waals surface area (Å²) in [5.74, 6) is -1.51. The van der Waals surface area contributed by atoms with Crippen LogP contribution in [0.15, 0.2) is 46.2 Å². The Labute approximate surface area is 252 Å². The summed E-state index contributed by atoms with van der Waals surface area (Å²) in [4.78, 5) is 55.4. The van der Waals surface area contributed by atoms with Gasteiger partial charge in [-0.15, -0.1) is 0 Å². The first-order valence-corrected chi connectivity index (χ1v) is 14.8. The Hall–Kier alpha value is -4.19. The van der Waals surface area contributed by atoms with Gasteiger partial charge >= 0.3 is 5.69 Å². The number of hydrogen-bond acceptors (Lipinski definition) is 8. The molecule has 1 fully saturated rings. The van der Waals surface area contributed by atoms with Crippen LogP contribution in [0.3, 0.4) is 0 Å². The van der Waals surface area contributed by atoms with Crippen LogP contribution in [-0.2, 0) is 9.59 Å². The van der Waals surface area contributed by atoms with Crippen LogP contribution in [-0.4, -0.2) is 61.1 Å². The molecule has 0 bridgehead atoms. The molecule has 43 heavy (non-hydrogen) atoms. The number of carbonyl (C=O) groups excluding carboxylic acids is 2. The van der Waals surface area contributed by atoms with E-state index in [1.54, 1.807) is 17.2 Å². The van der Waals surface area contributed by atoms with Crippen LogP contribution in [0.1, 0.15) is 51.8 Å². The van der Waals surface area contributed by atoms with Gasteiger partial charge in [-0.2, -0.15) is 4.98 Å². The highest BCUT2D eigenvalue weighted by Gasteiger charge is 2.31. The van der Waals surface area contributed by atoms with Gasteiger partial charge in [0.2, 0.25) is 5.91 Å². The molecular formula is C31H32F2N6O3S. The van der Waals surface area contributed by atoms with Crippen LogP contribution < -0.4 is 10.6 Å². The molecule has 0 unspecified atom stereocenters. The molecule has 3 aromatic heterocycles. The van der Waals surface area contributed by atoms with E-state index < -0.39 is 17.3 Å². The van der Waals surface area contributed by atoms with Gasteiger partial charge in [-0.25, -0.2) is 23.1 Å². The number of carbonyl (C=O) groups is 2. The quantitative estimate of drug-likeness (QED) is 0.284. The topological polar surface area (TPSA) is 101 Å². The fourth-order valence-electron chi connectivity index (χ4n) is 5.52. The number of nitrogens with zero attached hydrogens (tertiary/aromatic N) is 6. The average Bonchev–Trinajstić information content (AvgIpc) is 2.93. The molecule has 0 N–H and O–H groups in total. The van der Waals surface area contributed by atoms with Crippen LogP contribution in [0.2, 0.25) is 0 Å². The summed E-state index contributed by atoms with van der Waals surface area (Å²) < 4.78 is 32.8. The van der Waals surface area contributed by atoms with E-state index in [9.17, 15) is 14.4 Å². The van der Waals surface area contributed by atoms with E-state index in [0.717, 1.165) is 17.3 Å². The van der Waals surface area contributed by atoms with Crippen molar-refractivity contribution in [1.82, 2.24) is 24.4 Å². The first-order chi connectivity index (χ1) is 20.4. The van der Waals surface area contributed by atoms with E-state index in [2.05, 4.69) is 15.0 Å². The predicted molar refractivity (Wildman–Crippen MR) is 163 cm³/mol. The van der Waals surface area contributed by atoms with Gasteiger partial charge in [0.25, 0.3) is 0 Å². The Balaban J connectivity index is 1.86. The minimum Gasteiger partial charge on any atom is -0.350 e. The third-order valence-corrected chi connectivity index (χ3v) is 8.38. The second-order valence-electron chi connectivity index (χ2n) is 11.0. The van der Waals surface area contributed by atoms with Crippen LogP contribution in [0, 0.1) is 18.6 Å². The maximum absolute atomic E-state index is 16.1. The number of aromatic nitrogens is 4. The number of hydrogen-bond donors (Lipinski definition) is 0. The van der Waals surface area contributed by atoms with E-state index in [1.165, 1.54) is 42.7 Å². The highest BCUT2D eigenvalue weighted by atomic mass is 32.2. The molecule has 0 radical (unpaired) electrons. The van der Waals surface area contributed by atoms with Gasteiger partial charge in [0.05, 0.1) is 22.3 Å². The lowest BCUT2D eigenvalue weighted by Crippen LogP contribution is -2.54. The molecule has 1 aromatic carbocycles. The Morgan fingerprint density at radius 1 is 1.07 bits per heavy atom. The lowest BCUT2D eigenvalue weighted by molar-refractivity contribution is -0.129. The molecule has 9 nitrogen and oxygen atoms in total. The van der Waals surface area contributed by atoms with Gasteiger partial charge in [0.1, 0.15) is 17.3 Å². The first kappa shape index (κ1) is 30.3. The van der Waals surface area contributed by atoms with Crippen molar-refractivity contribution < 1.29 is 18.4 Å². The highest BCUT2D eigenvalue weighted by Crippen LogP contribution is 2.38. The lowest BCUT2D eigenvalue weighted by Gasteiger charge is -2.40. The number of thioether (sulfide) groups is 1. The van der Waals surface area contributed by atoms with Crippen molar-refractivity contribution in [2.24, 2.45) is 0 Å². The molecule has 1 saturated heterocycles. The van der Waals surface area contributed by atoms with Crippen molar-refractivity contribution in [1.29, 1.82) is 0 Å². The summed E-state index contributed by atoms with van der Waals surface area (Å²) in [7, 11) is 0. The van der Waals surface area contributed by atoms with E-state index >= 15 is 8.78 Å². The van der Waals surface area contributed by atoms with Gasteiger partial charge in [0.15, 0.2) is 16.6 Å². The maximum Gasteiger partial charge on any atom is 0.355 e. The fourth-order valence-corrected chi connectivity index (χ4v) is 6.27. The van der Waals surface area contributed by atoms with Gasteiger partial charge in [-0.1, -0.05) is 31.7 Å². The standard InChI is InChI=1S/C31H32F2N6O3S/c1-16(2)26-28(17(3)10-11-34-26)39-30-21(29(36-31(39)42)38-13-12-37(19(5)40)15-18(38)4)14-23(33)27(35-30)25-22(32)8-7-9-24(25)43-20(6)41/h7-11,14,16,18H,12-13,15H2,1-6H3/t18-/m0/s1. The summed E-state index contributed by atoms with van der Waals surface area (Å²) in [6, 6.07) is 6.89. The van der Waals surface area contributed by atoms with Crippen LogP contribution in [0.4, 0.5) is 14.6 Å². The Morgan fingerprint density at radius 3 is 2.47 bits per heavy atom. The number of benzene rings is 1. The summed E-state index contributed by atoms with van der Waals surface area (Å²) in [5.41, 5.74) is 0.736. The molecular weight excluding hydrogens is 574 g/mol. The van der Waals surface area contributed by atoms with Crippen molar-refractivity contribution in [2.45, 2.75) is 58.4 Å². The van der Waals surface area contributed by atoms with Crippen LogP contribution >= 0.6 is 11.8 Å². The number of aryl methyl sites for hydroxylation is 1. The lowest BCUT2D eigenvalue weighted by atomic mass is 10.0. The van der Waals surface area contributed by atoms with E-state index in [0.29, 0.717) is 31.0 Å². The van der Waals surface area contributed by atoms with Crippen molar-refractivity contribution in [3.63, 3.8) is 0 Å². The molecule has 224 valence electrons. The van der Waals surface area contributed by atoms with E-state index in [-0.39, 0.29) is 56.0 Å². The van der Waals surface area contributed by atoms with Gasteiger partial charge < -0.3 is 9.80 Å². The molecule has 0 spiro atoms. The highest BCUT2D eigenvalue weighted by molar-refractivity contribution is 8.13. The largest absolute Gasteiger partial charge is 0.355 e. The Kier molecular flexibility index (Phi) is 8.33. The molecule has 0 saturated carbocycles. The third-order valence-electron chi connectivity index (χ3n) is 7.54. The van der Waals surface area contributed by atoms with Crippen LogP contribution in [0.5, 0.6) is 0 Å². The van der Waals surface area contributed by atoms with Crippen molar-refractivity contribution in [3.8, 4) is 16.9 Å². The predicted octanol–water partition coefficient (Wildman–Crippen LogP) is 5.25. The number of pyridine rings is 2. The second kappa shape index (κ2) is 11.8. The first-order valence-electron chi connectivity index (χ1n) is 14.0. The molecule has 1 amide bonds. The monoisotopic (exact) mass is 606 g/mol. The molecule has 5 rings (SSSR count). The molecule has 4 heterocycles.